The third kappa shape index (κ3) is 9.12. The first-order chi connectivity index (χ1) is 19.5. The second-order valence-electron chi connectivity index (χ2n) is 9.03. The van der Waals surface area contributed by atoms with Crippen molar-refractivity contribution in [2.75, 3.05) is 6.54 Å². The number of benzene rings is 2. The molecule has 4 N–H and O–H groups in total. The van der Waals surface area contributed by atoms with Crippen LogP contribution in [0.25, 0.3) is 0 Å². The van der Waals surface area contributed by atoms with Crippen molar-refractivity contribution in [3.8, 4) is 11.8 Å². The highest BCUT2D eigenvalue weighted by molar-refractivity contribution is 6.08. The third-order valence-corrected chi connectivity index (χ3v) is 5.92. The molecule has 3 aromatic rings. The Morgan fingerprint density at radius 1 is 0.829 bits per heavy atom. The lowest BCUT2D eigenvalue weighted by atomic mass is 9.99. The molecular weight excluding hydrogens is 547 g/mol. The van der Waals surface area contributed by atoms with Crippen molar-refractivity contribution in [1.29, 1.82) is 0 Å². The molecule has 0 fully saturated rings. The maximum Gasteiger partial charge on any atom is 0.471 e. The topological polar surface area (TPSA) is 147 Å². The van der Waals surface area contributed by atoms with E-state index in [1.165, 1.54) is 24.3 Å². The Labute approximate surface area is 232 Å². The van der Waals surface area contributed by atoms with Gasteiger partial charge >= 0.3 is 18.1 Å². The van der Waals surface area contributed by atoms with Gasteiger partial charge in [-0.1, -0.05) is 61.0 Å². The number of carbonyl (C=O) groups excluding carboxylic acids is 4. The van der Waals surface area contributed by atoms with Crippen molar-refractivity contribution in [2.45, 2.75) is 44.3 Å². The molecule has 1 aromatic heterocycles. The molecule has 0 radical (unpaired) electrons. The molecule has 2 aromatic carbocycles. The van der Waals surface area contributed by atoms with Gasteiger partial charge in [0.05, 0.1) is 0 Å². The normalized spacial score (nSPS) is 11.9. The van der Waals surface area contributed by atoms with Gasteiger partial charge in [0.2, 0.25) is 17.7 Å². The molecule has 0 aliphatic carbocycles. The molecule has 218 valence electrons. The molecule has 0 aliphatic heterocycles. The maximum absolute atomic E-state index is 12.9. The number of rotatable bonds is 13. The van der Waals surface area contributed by atoms with Crippen LogP contribution in [0.4, 0.5) is 13.2 Å². The summed E-state index contributed by atoms with van der Waals surface area (Å²) < 4.78 is 39.2. The fraction of sp³-hybridized carbons (Fsp3) is 0.286. The highest BCUT2D eigenvalue weighted by Gasteiger charge is 2.40. The predicted molar refractivity (Wildman–Crippen MR) is 139 cm³/mol. The predicted octanol–water partition coefficient (Wildman–Crippen LogP) is 3.05. The average molecular weight is 576 g/mol. The first-order valence-electron chi connectivity index (χ1n) is 12.6. The summed E-state index contributed by atoms with van der Waals surface area (Å²) in [4.78, 5) is 53.5. The zero-order valence-corrected chi connectivity index (χ0v) is 21.7. The molecule has 0 spiro atoms. The molecule has 0 saturated heterocycles. The van der Waals surface area contributed by atoms with E-state index in [-0.39, 0.29) is 25.2 Å². The van der Waals surface area contributed by atoms with E-state index in [0.29, 0.717) is 40.7 Å². The van der Waals surface area contributed by atoms with Crippen LogP contribution < -0.4 is 15.5 Å². The molecule has 3 rings (SSSR count). The second kappa shape index (κ2) is 14.0. The number of aromatic hydroxyl groups is 2. The third-order valence-electron chi connectivity index (χ3n) is 5.92. The number of aromatic nitrogens is 1. The Morgan fingerprint density at radius 3 is 2.05 bits per heavy atom. The van der Waals surface area contributed by atoms with Crippen molar-refractivity contribution < 1.29 is 47.4 Å². The largest absolute Gasteiger partial charge is 0.492 e. The Hall–Kier alpha value is -4.81. The summed E-state index contributed by atoms with van der Waals surface area (Å²) in [7, 11) is 0. The van der Waals surface area contributed by atoms with Crippen molar-refractivity contribution >= 4 is 23.6 Å². The molecule has 1 heterocycles. The van der Waals surface area contributed by atoms with E-state index in [2.05, 4.69) is 5.32 Å². The number of ketones is 1. The maximum atomic E-state index is 12.9. The van der Waals surface area contributed by atoms with E-state index in [9.17, 15) is 42.6 Å². The standard InChI is InChI=1S/C28H28F3N3O7/c29-28(30,31)27(40)33-21(17-18-10-12-20(13-11-18)25(38)19-7-3-1-4-8-19)26(39)32-16-6-2-5-9-24(37)41-34-22(35)14-15-23(34)36/h1,3-4,7-8,10-15,21,35-36H,2,5-6,9,16-17H2,(H,32,39)(H,33,40)/t21-/m0/s1. The molecule has 0 aliphatic rings. The zero-order chi connectivity index (χ0) is 30.0. The number of hydrogen-bond acceptors (Lipinski definition) is 7. The summed E-state index contributed by atoms with van der Waals surface area (Å²) in [5.74, 6) is -4.96. The molecule has 0 unspecified atom stereocenters. The smallest absolute Gasteiger partial charge is 0.471 e. The number of alkyl halides is 3. The number of halogens is 3. The van der Waals surface area contributed by atoms with Crippen LogP contribution in [0.5, 0.6) is 11.8 Å². The van der Waals surface area contributed by atoms with Crippen molar-refractivity contribution in [3.63, 3.8) is 0 Å². The summed E-state index contributed by atoms with van der Waals surface area (Å²) in [6.45, 7) is 0.0654. The minimum Gasteiger partial charge on any atom is -0.492 e. The number of hydrogen-bond donors (Lipinski definition) is 4. The fourth-order valence-electron chi connectivity index (χ4n) is 3.78. The number of nitrogens with one attached hydrogen (secondary N) is 2. The Bertz CT molecular complexity index is 1340. The summed E-state index contributed by atoms with van der Waals surface area (Å²) >= 11 is 0. The van der Waals surface area contributed by atoms with Crippen molar-refractivity contribution in [2.24, 2.45) is 0 Å². The summed E-state index contributed by atoms with van der Waals surface area (Å²) in [6, 6.07) is 15.2. The van der Waals surface area contributed by atoms with Gasteiger partial charge < -0.3 is 25.7 Å². The van der Waals surface area contributed by atoms with Gasteiger partial charge in [0.15, 0.2) is 5.78 Å². The van der Waals surface area contributed by atoms with E-state index in [0.717, 1.165) is 12.1 Å². The average Bonchev–Trinajstić information content (AvgIpc) is 3.26. The Balaban J connectivity index is 1.51. The van der Waals surface area contributed by atoms with Crippen LogP contribution in [0.1, 0.15) is 47.2 Å². The first kappa shape index (κ1) is 30.7. The van der Waals surface area contributed by atoms with Gasteiger partial charge in [0.1, 0.15) is 6.04 Å². The molecule has 2 amide bonds. The lowest BCUT2D eigenvalue weighted by Gasteiger charge is -2.19. The van der Waals surface area contributed by atoms with Crippen LogP contribution >= 0.6 is 0 Å². The number of carbonyl (C=O) groups is 4. The lowest BCUT2D eigenvalue weighted by Crippen LogP contribution is -2.51. The number of nitrogens with zero attached hydrogens (tertiary/aromatic N) is 1. The van der Waals surface area contributed by atoms with Gasteiger partial charge in [0, 0.05) is 42.6 Å². The van der Waals surface area contributed by atoms with Crippen LogP contribution in [0.2, 0.25) is 0 Å². The van der Waals surface area contributed by atoms with Crippen molar-refractivity contribution in [3.05, 3.63) is 83.4 Å². The molecule has 0 bridgehead atoms. The highest BCUT2D eigenvalue weighted by Crippen LogP contribution is 2.19. The van der Waals surface area contributed by atoms with Crippen molar-refractivity contribution in [1.82, 2.24) is 15.4 Å². The van der Waals surface area contributed by atoms with Gasteiger partial charge in [-0.15, -0.1) is 4.73 Å². The van der Waals surface area contributed by atoms with Crippen LogP contribution in [-0.2, 0) is 20.8 Å². The fourth-order valence-corrected chi connectivity index (χ4v) is 3.78. The summed E-state index contributed by atoms with van der Waals surface area (Å²) in [5.41, 5.74) is 1.24. The van der Waals surface area contributed by atoms with Gasteiger partial charge in [-0.3, -0.25) is 14.4 Å². The second-order valence-corrected chi connectivity index (χ2v) is 9.03. The zero-order valence-electron chi connectivity index (χ0n) is 21.7. The SMILES string of the molecule is O=C(CCCCCNC(=O)[C@H](Cc1ccc(C(=O)c2ccccc2)cc1)NC(=O)C(F)(F)F)On1c(O)ccc1O. The monoisotopic (exact) mass is 575 g/mol. The van der Waals surface area contributed by atoms with Crippen LogP contribution in [0.3, 0.4) is 0 Å². The van der Waals surface area contributed by atoms with E-state index in [4.69, 9.17) is 4.84 Å². The first-order valence-corrected chi connectivity index (χ1v) is 12.6. The van der Waals surface area contributed by atoms with E-state index >= 15 is 0 Å². The van der Waals surface area contributed by atoms with E-state index in [1.807, 2.05) is 0 Å². The molecule has 13 heteroatoms. The molecular formula is C28H28F3N3O7. The Kier molecular flexibility index (Phi) is 10.5. The van der Waals surface area contributed by atoms with Gasteiger partial charge in [0.25, 0.3) is 0 Å². The number of amides is 2. The molecule has 1 atom stereocenters. The molecule has 41 heavy (non-hydrogen) atoms. The van der Waals surface area contributed by atoms with Crippen LogP contribution in [-0.4, -0.2) is 57.3 Å². The highest BCUT2D eigenvalue weighted by atomic mass is 19.4. The minimum absolute atomic E-state index is 0.0575. The van der Waals surface area contributed by atoms with E-state index in [1.54, 1.807) is 35.6 Å². The van der Waals surface area contributed by atoms with E-state index < -0.39 is 41.8 Å². The Morgan fingerprint density at radius 2 is 1.44 bits per heavy atom. The summed E-state index contributed by atoms with van der Waals surface area (Å²) in [6.07, 6.45) is -4.35. The van der Waals surface area contributed by atoms with Gasteiger partial charge in [-0.2, -0.15) is 13.2 Å². The minimum atomic E-state index is -5.19. The lowest BCUT2D eigenvalue weighted by molar-refractivity contribution is -0.174. The summed E-state index contributed by atoms with van der Waals surface area (Å²) in [5, 5.41) is 23.1. The molecule has 0 saturated carbocycles. The van der Waals surface area contributed by atoms with Gasteiger partial charge in [-0.25, -0.2) is 4.79 Å². The van der Waals surface area contributed by atoms with Gasteiger partial charge in [-0.05, 0) is 18.4 Å². The quantitative estimate of drug-likeness (QED) is 0.181. The van der Waals surface area contributed by atoms with Crippen LogP contribution in [0.15, 0.2) is 66.7 Å². The molecule has 10 nitrogen and oxygen atoms in total. The number of unbranched alkanes of at least 4 members (excludes halogenated alkanes) is 2. The van der Waals surface area contributed by atoms with Crippen LogP contribution in [0, 0.1) is 0 Å².